The van der Waals surface area contributed by atoms with Crippen LogP contribution in [-0.2, 0) is 0 Å². The second-order valence-corrected chi connectivity index (χ2v) is 5.96. The normalized spacial score (nSPS) is 11.1. The van der Waals surface area contributed by atoms with Gasteiger partial charge in [0.2, 0.25) is 0 Å². The fourth-order valence-electron chi connectivity index (χ4n) is 2.87. The Kier molecular flexibility index (Phi) is 4.35. The van der Waals surface area contributed by atoms with Crippen molar-refractivity contribution < 1.29 is 5.11 Å². The van der Waals surface area contributed by atoms with E-state index in [2.05, 4.69) is 12.1 Å². The van der Waals surface area contributed by atoms with Gasteiger partial charge in [-0.05, 0) is 42.0 Å². The lowest BCUT2D eigenvalue weighted by molar-refractivity contribution is 0.477. The molecule has 1 N–H and O–H groups in total. The van der Waals surface area contributed by atoms with Crippen LogP contribution in [0.1, 0.15) is 11.3 Å². The average Bonchev–Trinajstić information content (AvgIpc) is 3.12. The summed E-state index contributed by atoms with van der Waals surface area (Å²) < 4.78 is 1.86. The van der Waals surface area contributed by atoms with E-state index in [9.17, 15) is 5.11 Å². The lowest BCUT2D eigenvalue weighted by Crippen LogP contribution is -1.98. The predicted molar refractivity (Wildman–Crippen MR) is 106 cm³/mol. The molecule has 0 bridgehead atoms. The van der Waals surface area contributed by atoms with Crippen molar-refractivity contribution in [3.8, 4) is 22.7 Å². The third-order valence-corrected chi connectivity index (χ3v) is 4.16. The Labute approximate surface area is 152 Å². The van der Waals surface area contributed by atoms with Crippen molar-refractivity contribution in [2.24, 2.45) is 0 Å². The summed E-state index contributed by atoms with van der Waals surface area (Å²) in [5.74, 6) is 0.239. The van der Waals surface area contributed by atoms with Gasteiger partial charge in [0.25, 0.3) is 0 Å². The second-order valence-electron chi connectivity index (χ2n) is 5.96. The molecule has 1 aromatic heterocycles. The van der Waals surface area contributed by atoms with Crippen LogP contribution >= 0.6 is 0 Å². The predicted octanol–water partition coefficient (Wildman–Crippen LogP) is 5.42. The summed E-state index contributed by atoms with van der Waals surface area (Å²) in [4.78, 5) is 0. The number of hydrogen-bond acceptors (Lipinski definition) is 2. The van der Waals surface area contributed by atoms with Crippen LogP contribution in [0.2, 0.25) is 0 Å². The molecule has 0 saturated heterocycles. The van der Waals surface area contributed by atoms with Gasteiger partial charge < -0.3 is 5.11 Å². The number of benzene rings is 3. The number of phenolic OH excluding ortho intramolecular Hbond substituents is 1. The third-order valence-electron chi connectivity index (χ3n) is 4.16. The summed E-state index contributed by atoms with van der Waals surface area (Å²) in [5, 5.41) is 15.0. The van der Waals surface area contributed by atoms with E-state index in [1.807, 2.05) is 89.6 Å². The maximum absolute atomic E-state index is 10.3. The van der Waals surface area contributed by atoms with Crippen molar-refractivity contribution >= 4 is 12.2 Å². The molecule has 1 heterocycles. The highest BCUT2D eigenvalue weighted by atomic mass is 16.3. The number of phenols is 1. The monoisotopic (exact) mass is 338 g/mol. The van der Waals surface area contributed by atoms with Gasteiger partial charge in [-0.3, -0.25) is 0 Å². The second kappa shape index (κ2) is 7.11. The van der Waals surface area contributed by atoms with Crippen LogP contribution in [0, 0.1) is 0 Å². The lowest BCUT2D eigenvalue weighted by atomic mass is 10.1. The first-order valence-electron chi connectivity index (χ1n) is 8.48. The molecule has 126 valence electrons. The number of aromatic hydroxyl groups is 1. The Morgan fingerprint density at radius 1 is 0.731 bits per heavy atom. The molecule has 0 aliphatic rings. The molecule has 0 unspecified atom stereocenters. The Morgan fingerprint density at radius 2 is 1.38 bits per heavy atom. The van der Waals surface area contributed by atoms with E-state index in [0.29, 0.717) is 0 Å². The summed E-state index contributed by atoms with van der Waals surface area (Å²) in [6.45, 7) is 0. The van der Waals surface area contributed by atoms with E-state index in [1.165, 1.54) is 0 Å². The molecule has 0 radical (unpaired) electrons. The fourth-order valence-corrected chi connectivity index (χ4v) is 2.87. The molecule has 4 rings (SSSR count). The highest BCUT2D eigenvalue weighted by Gasteiger charge is 2.13. The van der Waals surface area contributed by atoms with E-state index < -0.39 is 0 Å². The SMILES string of the molecule is Oc1ccccc1-c1cc(/C=C\c2ccccc2)nn1-c1ccccc1. The molecule has 0 fully saturated rings. The lowest BCUT2D eigenvalue weighted by Gasteiger charge is -2.08. The van der Waals surface area contributed by atoms with Gasteiger partial charge in [0, 0.05) is 5.56 Å². The summed E-state index contributed by atoms with van der Waals surface area (Å²) in [6.07, 6.45) is 4.02. The maximum atomic E-state index is 10.3. The van der Waals surface area contributed by atoms with E-state index in [1.54, 1.807) is 6.07 Å². The van der Waals surface area contributed by atoms with Crippen LogP contribution in [0.4, 0.5) is 0 Å². The van der Waals surface area contributed by atoms with Gasteiger partial charge in [0.15, 0.2) is 0 Å². The largest absolute Gasteiger partial charge is 0.507 e. The van der Waals surface area contributed by atoms with Crippen molar-refractivity contribution in [3.63, 3.8) is 0 Å². The van der Waals surface area contributed by atoms with Crippen LogP contribution in [-0.4, -0.2) is 14.9 Å². The number of rotatable bonds is 4. The highest BCUT2D eigenvalue weighted by molar-refractivity contribution is 5.74. The maximum Gasteiger partial charge on any atom is 0.124 e. The topological polar surface area (TPSA) is 38.1 Å². The number of aromatic nitrogens is 2. The number of nitrogens with zero attached hydrogens (tertiary/aromatic N) is 2. The summed E-state index contributed by atoms with van der Waals surface area (Å²) in [6, 6.07) is 29.4. The molecule has 0 aliphatic heterocycles. The van der Waals surface area contributed by atoms with E-state index in [4.69, 9.17) is 5.10 Å². The molecular formula is C23H18N2O. The molecule has 3 nitrogen and oxygen atoms in total. The quantitative estimate of drug-likeness (QED) is 0.540. The first-order valence-corrected chi connectivity index (χ1v) is 8.48. The van der Waals surface area contributed by atoms with Gasteiger partial charge in [-0.1, -0.05) is 66.7 Å². The van der Waals surface area contributed by atoms with E-state index in [-0.39, 0.29) is 5.75 Å². The minimum atomic E-state index is 0.239. The number of hydrogen-bond donors (Lipinski definition) is 1. The first-order chi connectivity index (χ1) is 12.8. The summed E-state index contributed by atoms with van der Waals surface area (Å²) >= 11 is 0. The van der Waals surface area contributed by atoms with Crippen LogP contribution in [0.15, 0.2) is 91.0 Å². The molecule has 26 heavy (non-hydrogen) atoms. The molecule has 0 saturated carbocycles. The molecule has 0 spiro atoms. The Morgan fingerprint density at radius 3 is 2.12 bits per heavy atom. The van der Waals surface area contributed by atoms with Crippen molar-refractivity contribution in [1.29, 1.82) is 0 Å². The van der Waals surface area contributed by atoms with Crippen LogP contribution in [0.25, 0.3) is 29.1 Å². The van der Waals surface area contributed by atoms with Crippen molar-refractivity contribution in [2.45, 2.75) is 0 Å². The van der Waals surface area contributed by atoms with Gasteiger partial charge >= 0.3 is 0 Å². The first kappa shape index (κ1) is 15.9. The standard InChI is InChI=1S/C23H18N2O/c26-23-14-8-7-13-21(23)22-17-19(16-15-18-9-3-1-4-10-18)24-25(22)20-11-5-2-6-12-20/h1-17,26H/b16-15-. The molecule has 0 atom stereocenters. The summed E-state index contributed by atoms with van der Waals surface area (Å²) in [5.41, 5.74) is 4.50. The third kappa shape index (κ3) is 3.28. The molecule has 3 heteroatoms. The fraction of sp³-hybridized carbons (Fsp3) is 0. The molecule has 0 amide bonds. The van der Waals surface area contributed by atoms with Gasteiger partial charge in [-0.2, -0.15) is 5.10 Å². The smallest absolute Gasteiger partial charge is 0.124 e. The van der Waals surface area contributed by atoms with Gasteiger partial charge in [0.1, 0.15) is 5.75 Å². The van der Waals surface area contributed by atoms with Crippen molar-refractivity contribution in [1.82, 2.24) is 9.78 Å². The minimum Gasteiger partial charge on any atom is -0.507 e. The van der Waals surface area contributed by atoms with Crippen molar-refractivity contribution in [3.05, 3.63) is 102 Å². The Balaban J connectivity index is 1.81. The number of para-hydroxylation sites is 2. The van der Waals surface area contributed by atoms with E-state index in [0.717, 1.165) is 28.2 Å². The minimum absolute atomic E-state index is 0.239. The average molecular weight is 338 g/mol. The summed E-state index contributed by atoms with van der Waals surface area (Å²) in [7, 11) is 0. The van der Waals surface area contributed by atoms with Gasteiger partial charge in [-0.15, -0.1) is 0 Å². The molecule has 3 aromatic carbocycles. The van der Waals surface area contributed by atoms with E-state index >= 15 is 0 Å². The van der Waals surface area contributed by atoms with Gasteiger partial charge in [0.05, 0.1) is 17.1 Å². The van der Waals surface area contributed by atoms with Gasteiger partial charge in [-0.25, -0.2) is 4.68 Å². The zero-order chi connectivity index (χ0) is 17.8. The Hall–Kier alpha value is -3.59. The van der Waals surface area contributed by atoms with Crippen LogP contribution in [0.3, 0.4) is 0 Å². The zero-order valence-corrected chi connectivity index (χ0v) is 14.2. The molecule has 0 aliphatic carbocycles. The zero-order valence-electron chi connectivity index (χ0n) is 14.2. The van der Waals surface area contributed by atoms with Crippen LogP contribution < -0.4 is 0 Å². The van der Waals surface area contributed by atoms with Crippen molar-refractivity contribution in [2.75, 3.05) is 0 Å². The van der Waals surface area contributed by atoms with Crippen LogP contribution in [0.5, 0.6) is 5.75 Å². The molecular weight excluding hydrogens is 320 g/mol. The molecule has 4 aromatic rings. The Bertz CT molecular complexity index is 1030. The highest BCUT2D eigenvalue weighted by Crippen LogP contribution is 2.31.